The van der Waals surface area contributed by atoms with Crippen molar-refractivity contribution in [2.45, 2.75) is 36.1 Å². The molecule has 1 aliphatic heterocycles. The summed E-state index contributed by atoms with van der Waals surface area (Å²) in [5.74, 6) is 0.0435. The fourth-order valence-electron chi connectivity index (χ4n) is 3.42. The summed E-state index contributed by atoms with van der Waals surface area (Å²) in [6.07, 6.45) is 2.31. The molecule has 0 spiro atoms. The van der Waals surface area contributed by atoms with Crippen LogP contribution in [0.3, 0.4) is 0 Å². The predicted octanol–water partition coefficient (Wildman–Crippen LogP) is 3.58. The first kappa shape index (κ1) is 19.8. The average Bonchev–Trinajstić information content (AvgIpc) is 3.45. The van der Waals surface area contributed by atoms with Crippen LogP contribution in [0, 0.1) is 0 Å². The van der Waals surface area contributed by atoms with E-state index in [-0.39, 0.29) is 11.6 Å². The number of thiophene rings is 1. The molecule has 1 aliphatic rings. The molecule has 1 aromatic carbocycles. The highest BCUT2D eigenvalue weighted by Gasteiger charge is 2.37. The van der Waals surface area contributed by atoms with Crippen LogP contribution >= 0.6 is 11.3 Å². The number of carbonyl (C=O) groups excluding carboxylic acids is 1. The number of hydrogen-bond donors (Lipinski definition) is 1. The summed E-state index contributed by atoms with van der Waals surface area (Å²) in [7, 11) is -3.61. The monoisotopic (exact) mass is 431 g/mol. The Balaban J connectivity index is 1.50. The Morgan fingerprint density at radius 1 is 1.21 bits per heavy atom. The van der Waals surface area contributed by atoms with E-state index < -0.39 is 16.1 Å². The third kappa shape index (κ3) is 4.26. The van der Waals surface area contributed by atoms with Crippen LogP contribution < -0.4 is 5.32 Å². The second-order valence-corrected chi connectivity index (χ2v) is 9.91. The van der Waals surface area contributed by atoms with Gasteiger partial charge in [0.05, 0.1) is 6.04 Å². The number of carbonyl (C=O) groups is 1. The minimum absolute atomic E-state index is 0.148. The molecule has 3 heterocycles. The lowest BCUT2D eigenvalue weighted by atomic mass is 10.0. The molecular weight excluding hydrogens is 410 g/mol. The van der Waals surface area contributed by atoms with Crippen molar-refractivity contribution < 1.29 is 17.7 Å². The van der Waals surface area contributed by atoms with Crippen LogP contribution in [0.4, 0.5) is 0 Å². The van der Waals surface area contributed by atoms with Gasteiger partial charge in [0.2, 0.25) is 0 Å². The molecule has 2 aromatic heterocycles. The van der Waals surface area contributed by atoms with Gasteiger partial charge in [-0.05, 0) is 29.9 Å². The van der Waals surface area contributed by atoms with E-state index in [4.69, 9.17) is 4.52 Å². The first-order chi connectivity index (χ1) is 14.1. The van der Waals surface area contributed by atoms with Gasteiger partial charge in [0.25, 0.3) is 15.9 Å². The van der Waals surface area contributed by atoms with Crippen molar-refractivity contribution in [2.75, 3.05) is 6.54 Å². The largest absolute Gasteiger partial charge is 0.359 e. The highest BCUT2D eigenvalue weighted by atomic mass is 32.2. The number of nitrogens with zero attached hydrogens (tertiary/aromatic N) is 2. The van der Waals surface area contributed by atoms with Crippen LogP contribution in [0.2, 0.25) is 0 Å². The Bertz CT molecular complexity index is 1060. The Morgan fingerprint density at radius 2 is 2.03 bits per heavy atom. The Morgan fingerprint density at radius 3 is 2.79 bits per heavy atom. The van der Waals surface area contributed by atoms with Crippen molar-refractivity contribution in [3.63, 3.8) is 0 Å². The number of piperidine rings is 1. The van der Waals surface area contributed by atoms with Crippen LogP contribution in [-0.4, -0.2) is 30.3 Å². The third-order valence-electron chi connectivity index (χ3n) is 4.90. The van der Waals surface area contributed by atoms with Crippen molar-refractivity contribution in [3.8, 4) is 0 Å². The molecule has 1 N–H and O–H groups in total. The van der Waals surface area contributed by atoms with Crippen LogP contribution in [0.25, 0.3) is 0 Å². The second-order valence-electron chi connectivity index (χ2n) is 6.84. The summed E-state index contributed by atoms with van der Waals surface area (Å²) in [4.78, 5) is 12.4. The molecule has 1 atom stereocenters. The molecular formula is C20H21N3O4S2. The van der Waals surface area contributed by atoms with E-state index in [1.807, 2.05) is 30.3 Å². The maximum absolute atomic E-state index is 13.0. The SMILES string of the molecule is O=C(NCc1ccccc1)c1cc(C2CCCCN2S(=O)(=O)c2cccs2)on1. The normalized spacial score (nSPS) is 17.9. The highest BCUT2D eigenvalue weighted by molar-refractivity contribution is 7.91. The molecule has 7 nitrogen and oxygen atoms in total. The Kier molecular flexibility index (Phi) is 5.79. The lowest BCUT2D eigenvalue weighted by Crippen LogP contribution is -2.38. The number of aromatic nitrogens is 1. The summed E-state index contributed by atoms with van der Waals surface area (Å²) >= 11 is 1.20. The molecule has 0 radical (unpaired) electrons. The fraction of sp³-hybridized carbons (Fsp3) is 0.300. The maximum Gasteiger partial charge on any atom is 0.273 e. The fourth-order valence-corrected chi connectivity index (χ4v) is 6.21. The zero-order valence-electron chi connectivity index (χ0n) is 15.7. The minimum Gasteiger partial charge on any atom is -0.359 e. The minimum atomic E-state index is -3.61. The number of rotatable bonds is 6. The maximum atomic E-state index is 13.0. The van der Waals surface area contributed by atoms with Crippen LogP contribution in [-0.2, 0) is 16.6 Å². The van der Waals surface area contributed by atoms with E-state index in [9.17, 15) is 13.2 Å². The van der Waals surface area contributed by atoms with Crippen molar-refractivity contribution >= 4 is 27.3 Å². The lowest BCUT2D eigenvalue weighted by Gasteiger charge is -2.32. The van der Waals surface area contributed by atoms with Gasteiger partial charge in [-0.25, -0.2) is 8.42 Å². The first-order valence-corrected chi connectivity index (χ1v) is 11.7. The number of hydrogen-bond acceptors (Lipinski definition) is 6. The molecule has 4 rings (SSSR count). The van der Waals surface area contributed by atoms with Crippen LogP contribution in [0.1, 0.15) is 47.1 Å². The van der Waals surface area contributed by atoms with E-state index >= 15 is 0 Å². The van der Waals surface area contributed by atoms with Gasteiger partial charge in [-0.1, -0.05) is 48.0 Å². The van der Waals surface area contributed by atoms with Gasteiger partial charge in [-0.2, -0.15) is 4.31 Å². The number of sulfonamides is 1. The van der Waals surface area contributed by atoms with Crippen molar-refractivity contribution in [2.24, 2.45) is 0 Å². The predicted molar refractivity (Wildman–Crippen MR) is 109 cm³/mol. The Labute approximate surface area is 173 Å². The summed E-state index contributed by atoms with van der Waals surface area (Å²) in [5, 5.41) is 8.43. The molecule has 1 amide bonds. The van der Waals surface area contributed by atoms with Gasteiger partial charge < -0.3 is 9.84 Å². The van der Waals surface area contributed by atoms with E-state index in [0.717, 1.165) is 18.4 Å². The molecule has 152 valence electrons. The van der Waals surface area contributed by atoms with Crippen LogP contribution in [0.15, 0.2) is 62.6 Å². The summed E-state index contributed by atoms with van der Waals surface area (Å²) in [6, 6.07) is 14.0. The van der Waals surface area contributed by atoms with E-state index in [0.29, 0.717) is 29.5 Å². The topological polar surface area (TPSA) is 92.5 Å². The molecule has 0 bridgehead atoms. The molecule has 1 saturated heterocycles. The van der Waals surface area contributed by atoms with Gasteiger partial charge in [-0.3, -0.25) is 4.79 Å². The smallest absolute Gasteiger partial charge is 0.273 e. The molecule has 1 unspecified atom stereocenters. The van der Waals surface area contributed by atoms with Crippen LogP contribution in [0.5, 0.6) is 0 Å². The van der Waals surface area contributed by atoms with Crippen molar-refractivity contribution in [1.82, 2.24) is 14.8 Å². The van der Waals surface area contributed by atoms with Gasteiger partial charge in [-0.15, -0.1) is 11.3 Å². The lowest BCUT2D eigenvalue weighted by molar-refractivity contribution is 0.0941. The molecule has 0 aliphatic carbocycles. The molecule has 0 saturated carbocycles. The molecule has 9 heteroatoms. The third-order valence-corrected chi connectivity index (χ3v) is 8.18. The quantitative estimate of drug-likeness (QED) is 0.644. The first-order valence-electron chi connectivity index (χ1n) is 9.40. The molecule has 29 heavy (non-hydrogen) atoms. The Hall–Kier alpha value is -2.49. The second kappa shape index (κ2) is 8.48. The van der Waals surface area contributed by atoms with Gasteiger partial charge in [0.1, 0.15) is 4.21 Å². The molecule has 1 fully saturated rings. The molecule has 3 aromatic rings. The van der Waals surface area contributed by atoms with E-state index in [1.165, 1.54) is 15.6 Å². The van der Waals surface area contributed by atoms with Crippen molar-refractivity contribution in [3.05, 3.63) is 70.9 Å². The average molecular weight is 432 g/mol. The summed E-state index contributed by atoms with van der Waals surface area (Å²) < 4.78 is 33.2. The van der Waals surface area contributed by atoms with E-state index in [2.05, 4.69) is 10.5 Å². The highest BCUT2D eigenvalue weighted by Crippen LogP contribution is 2.36. The number of benzene rings is 1. The van der Waals surface area contributed by atoms with E-state index in [1.54, 1.807) is 23.6 Å². The van der Waals surface area contributed by atoms with Gasteiger partial charge >= 0.3 is 0 Å². The summed E-state index contributed by atoms with van der Waals surface area (Å²) in [6.45, 7) is 0.797. The van der Waals surface area contributed by atoms with Crippen molar-refractivity contribution in [1.29, 1.82) is 0 Å². The van der Waals surface area contributed by atoms with Gasteiger partial charge in [0, 0.05) is 19.2 Å². The van der Waals surface area contributed by atoms with Gasteiger partial charge in [0.15, 0.2) is 11.5 Å². The standard InChI is InChI=1S/C20H21N3O4S2/c24-20(21-14-15-7-2-1-3-8-15)16-13-18(27-22-16)17-9-4-5-11-23(17)29(25,26)19-10-6-12-28-19/h1-3,6-8,10,12-13,17H,4-5,9,11,14H2,(H,21,24). The summed E-state index contributed by atoms with van der Waals surface area (Å²) in [5.41, 5.74) is 1.13. The number of nitrogens with one attached hydrogen (secondary N) is 1. The zero-order chi connectivity index (χ0) is 20.3. The number of amides is 1. The zero-order valence-corrected chi connectivity index (χ0v) is 17.3.